The van der Waals surface area contributed by atoms with Gasteiger partial charge in [-0.2, -0.15) is 0 Å². The van der Waals surface area contributed by atoms with E-state index >= 15 is 0 Å². The topological polar surface area (TPSA) is 40.5 Å². The molecule has 0 bridgehead atoms. The molecule has 3 nitrogen and oxygen atoms in total. The molecule has 2 rings (SSSR count). The van der Waals surface area contributed by atoms with Crippen molar-refractivity contribution in [3.05, 3.63) is 35.9 Å². The first-order valence-corrected chi connectivity index (χ1v) is 6.71. The van der Waals surface area contributed by atoms with Crippen LogP contribution < -0.4 is 0 Å². The monoisotopic (exact) mass is 247 g/mol. The van der Waals surface area contributed by atoms with Gasteiger partial charge >= 0.3 is 0 Å². The molecule has 1 atom stereocenters. The summed E-state index contributed by atoms with van der Waals surface area (Å²) in [7, 11) is 0. The van der Waals surface area contributed by atoms with E-state index in [1.807, 2.05) is 30.3 Å². The van der Waals surface area contributed by atoms with E-state index in [4.69, 9.17) is 0 Å². The SMILES string of the molecule is O=C(CCN1CCC[C@H](CO)C1)c1ccccc1. The number of aliphatic hydroxyl groups excluding tert-OH is 1. The van der Waals surface area contributed by atoms with Crippen molar-refractivity contribution >= 4 is 5.78 Å². The molecule has 1 aromatic rings. The average molecular weight is 247 g/mol. The molecule has 0 unspecified atom stereocenters. The molecule has 1 N–H and O–H groups in total. The minimum Gasteiger partial charge on any atom is -0.396 e. The summed E-state index contributed by atoms with van der Waals surface area (Å²) in [4.78, 5) is 14.3. The summed E-state index contributed by atoms with van der Waals surface area (Å²) in [6, 6.07) is 9.46. The minimum atomic E-state index is 0.210. The lowest BCUT2D eigenvalue weighted by Crippen LogP contribution is -2.37. The van der Waals surface area contributed by atoms with Crippen molar-refractivity contribution in [1.29, 1.82) is 0 Å². The normalized spacial score (nSPS) is 20.8. The van der Waals surface area contributed by atoms with Crippen LogP contribution in [0, 0.1) is 5.92 Å². The van der Waals surface area contributed by atoms with Crippen LogP contribution >= 0.6 is 0 Å². The standard InChI is InChI=1S/C15H21NO2/c17-12-13-5-4-9-16(11-13)10-8-15(18)14-6-2-1-3-7-14/h1-3,6-7,13,17H,4-5,8-12H2/t13-/m0/s1. The van der Waals surface area contributed by atoms with Crippen LogP contribution in [0.5, 0.6) is 0 Å². The van der Waals surface area contributed by atoms with Crippen LogP contribution in [0.2, 0.25) is 0 Å². The van der Waals surface area contributed by atoms with Gasteiger partial charge in [-0.1, -0.05) is 30.3 Å². The van der Waals surface area contributed by atoms with Crippen LogP contribution in [-0.4, -0.2) is 42.0 Å². The lowest BCUT2D eigenvalue weighted by Gasteiger charge is -2.31. The molecule has 0 amide bonds. The van der Waals surface area contributed by atoms with Gasteiger partial charge in [-0.25, -0.2) is 0 Å². The fraction of sp³-hybridized carbons (Fsp3) is 0.533. The van der Waals surface area contributed by atoms with E-state index in [1.54, 1.807) is 0 Å². The Bertz CT molecular complexity index is 377. The van der Waals surface area contributed by atoms with Crippen LogP contribution in [0.15, 0.2) is 30.3 Å². The lowest BCUT2D eigenvalue weighted by atomic mass is 9.98. The summed E-state index contributed by atoms with van der Waals surface area (Å²) in [6.07, 6.45) is 2.81. The van der Waals surface area contributed by atoms with E-state index in [9.17, 15) is 9.90 Å². The first-order valence-electron chi connectivity index (χ1n) is 6.71. The first kappa shape index (κ1) is 13.2. The predicted octanol–water partition coefficient (Wildman–Crippen LogP) is 1.96. The van der Waals surface area contributed by atoms with Gasteiger partial charge in [0.15, 0.2) is 5.78 Å². The van der Waals surface area contributed by atoms with Gasteiger partial charge in [0, 0.05) is 31.7 Å². The molecule has 0 aromatic heterocycles. The zero-order chi connectivity index (χ0) is 12.8. The highest BCUT2D eigenvalue weighted by Gasteiger charge is 2.19. The third-order valence-electron chi connectivity index (χ3n) is 3.61. The highest BCUT2D eigenvalue weighted by Crippen LogP contribution is 2.16. The first-order chi connectivity index (χ1) is 8.79. The van der Waals surface area contributed by atoms with Crippen molar-refractivity contribution in [1.82, 2.24) is 4.90 Å². The van der Waals surface area contributed by atoms with Gasteiger partial charge in [0.2, 0.25) is 0 Å². The highest BCUT2D eigenvalue weighted by atomic mass is 16.3. The molecular formula is C15H21NO2. The fourth-order valence-electron chi connectivity index (χ4n) is 2.53. The summed E-state index contributed by atoms with van der Waals surface area (Å²) in [5.74, 6) is 0.604. The number of ketones is 1. The smallest absolute Gasteiger partial charge is 0.164 e. The lowest BCUT2D eigenvalue weighted by molar-refractivity contribution is 0.0917. The summed E-state index contributed by atoms with van der Waals surface area (Å²) >= 11 is 0. The van der Waals surface area contributed by atoms with Gasteiger partial charge in [-0.15, -0.1) is 0 Å². The Labute approximate surface area is 108 Å². The molecule has 0 aliphatic carbocycles. The molecule has 1 aliphatic heterocycles. The Morgan fingerprint density at radius 2 is 2.11 bits per heavy atom. The number of aliphatic hydroxyl groups is 1. The number of likely N-dealkylation sites (tertiary alicyclic amines) is 1. The molecule has 0 spiro atoms. The molecular weight excluding hydrogens is 226 g/mol. The third kappa shape index (κ3) is 3.65. The average Bonchev–Trinajstić information content (AvgIpc) is 2.46. The van der Waals surface area contributed by atoms with Gasteiger partial charge in [0.1, 0.15) is 0 Å². The Kier molecular flexibility index (Phi) is 4.90. The summed E-state index contributed by atoms with van der Waals surface area (Å²) in [5, 5.41) is 9.17. The molecule has 1 fully saturated rings. The number of nitrogens with zero attached hydrogens (tertiary/aromatic N) is 1. The van der Waals surface area contributed by atoms with Crippen molar-refractivity contribution in [2.75, 3.05) is 26.2 Å². The zero-order valence-corrected chi connectivity index (χ0v) is 10.7. The summed E-state index contributed by atoms with van der Waals surface area (Å²) < 4.78 is 0. The quantitative estimate of drug-likeness (QED) is 0.809. The van der Waals surface area contributed by atoms with Crippen LogP contribution in [0.25, 0.3) is 0 Å². The largest absolute Gasteiger partial charge is 0.396 e. The number of carbonyl (C=O) groups is 1. The van der Waals surface area contributed by atoms with Gasteiger partial charge in [-0.05, 0) is 25.3 Å². The third-order valence-corrected chi connectivity index (χ3v) is 3.61. The molecule has 18 heavy (non-hydrogen) atoms. The Balaban J connectivity index is 1.79. The zero-order valence-electron chi connectivity index (χ0n) is 10.7. The summed E-state index contributed by atoms with van der Waals surface area (Å²) in [5.41, 5.74) is 0.799. The van der Waals surface area contributed by atoms with Gasteiger partial charge in [0.05, 0.1) is 0 Å². The number of rotatable bonds is 5. The second-order valence-corrected chi connectivity index (χ2v) is 5.03. The van der Waals surface area contributed by atoms with Crippen LogP contribution in [0.1, 0.15) is 29.6 Å². The van der Waals surface area contributed by atoms with Crippen molar-refractivity contribution in [3.8, 4) is 0 Å². The molecule has 1 heterocycles. The number of piperidine rings is 1. The number of hydrogen-bond donors (Lipinski definition) is 1. The maximum absolute atomic E-state index is 12.0. The second kappa shape index (κ2) is 6.66. The van der Waals surface area contributed by atoms with Crippen molar-refractivity contribution < 1.29 is 9.90 Å². The molecule has 3 heteroatoms. The molecule has 98 valence electrons. The molecule has 1 aliphatic rings. The van der Waals surface area contributed by atoms with Crippen LogP contribution in [0.4, 0.5) is 0 Å². The summed E-state index contributed by atoms with van der Waals surface area (Å²) in [6.45, 7) is 3.06. The Morgan fingerprint density at radius 1 is 1.33 bits per heavy atom. The Morgan fingerprint density at radius 3 is 2.83 bits per heavy atom. The molecule has 0 radical (unpaired) electrons. The number of benzene rings is 1. The molecule has 1 aromatic carbocycles. The van der Waals surface area contributed by atoms with Gasteiger partial charge in [0.25, 0.3) is 0 Å². The van der Waals surface area contributed by atoms with E-state index in [1.165, 1.54) is 0 Å². The predicted molar refractivity (Wildman–Crippen MR) is 71.6 cm³/mol. The van der Waals surface area contributed by atoms with E-state index in [2.05, 4.69) is 4.90 Å². The fourth-order valence-corrected chi connectivity index (χ4v) is 2.53. The van der Waals surface area contributed by atoms with Gasteiger partial charge in [-0.3, -0.25) is 4.79 Å². The maximum Gasteiger partial charge on any atom is 0.164 e. The van der Waals surface area contributed by atoms with E-state index in [0.717, 1.165) is 38.0 Å². The molecule has 1 saturated heterocycles. The van der Waals surface area contributed by atoms with Crippen LogP contribution in [-0.2, 0) is 0 Å². The number of carbonyl (C=O) groups excluding carboxylic acids is 1. The van der Waals surface area contributed by atoms with E-state index in [-0.39, 0.29) is 12.4 Å². The highest BCUT2D eigenvalue weighted by molar-refractivity contribution is 5.96. The minimum absolute atomic E-state index is 0.210. The van der Waals surface area contributed by atoms with Crippen molar-refractivity contribution in [3.63, 3.8) is 0 Å². The Hall–Kier alpha value is -1.19. The van der Waals surface area contributed by atoms with E-state index < -0.39 is 0 Å². The van der Waals surface area contributed by atoms with Gasteiger partial charge < -0.3 is 10.0 Å². The maximum atomic E-state index is 12.0. The van der Waals surface area contributed by atoms with Crippen molar-refractivity contribution in [2.45, 2.75) is 19.3 Å². The van der Waals surface area contributed by atoms with E-state index in [0.29, 0.717) is 12.3 Å². The van der Waals surface area contributed by atoms with Crippen molar-refractivity contribution in [2.24, 2.45) is 5.92 Å². The number of Topliss-reactive ketones (excluding diaryl/α,β-unsaturated/α-hetero) is 1. The second-order valence-electron chi connectivity index (χ2n) is 5.03. The van der Waals surface area contributed by atoms with Crippen LogP contribution in [0.3, 0.4) is 0 Å². The number of hydrogen-bond acceptors (Lipinski definition) is 3. The molecule has 0 saturated carbocycles.